The lowest BCUT2D eigenvalue weighted by atomic mass is 10.1. The van der Waals surface area contributed by atoms with Gasteiger partial charge in [-0.1, -0.05) is 0 Å². The highest BCUT2D eigenvalue weighted by Crippen LogP contribution is 2.34. The topological polar surface area (TPSA) is 22.1 Å². The van der Waals surface area contributed by atoms with Gasteiger partial charge >= 0.3 is 0 Å². The summed E-state index contributed by atoms with van der Waals surface area (Å²) in [6.07, 6.45) is 0. The van der Waals surface area contributed by atoms with E-state index in [-0.39, 0.29) is 0 Å². The number of hydrogen-bond acceptors (Lipinski definition) is 2. The van der Waals surface area contributed by atoms with E-state index in [9.17, 15) is 0 Å². The number of pyridine rings is 1. The standard InChI is InChI=1S/C12H12BrNO/c1-7-6-8(2)14-9-4-5-10(15-3)12(13)11(7)9/h4-6H,1-3H3. The molecule has 0 amide bonds. The summed E-state index contributed by atoms with van der Waals surface area (Å²) in [7, 11) is 1.67. The minimum absolute atomic E-state index is 0.844. The van der Waals surface area contributed by atoms with Crippen LogP contribution in [0.1, 0.15) is 11.3 Å². The van der Waals surface area contributed by atoms with E-state index in [0.717, 1.165) is 26.8 Å². The van der Waals surface area contributed by atoms with Crippen molar-refractivity contribution in [2.75, 3.05) is 7.11 Å². The molecule has 2 rings (SSSR count). The Balaban J connectivity index is 2.87. The number of halogens is 1. The van der Waals surface area contributed by atoms with Gasteiger partial charge in [-0.2, -0.15) is 0 Å². The van der Waals surface area contributed by atoms with E-state index in [2.05, 4.69) is 33.9 Å². The number of nitrogens with zero attached hydrogens (tertiary/aromatic N) is 1. The summed E-state index contributed by atoms with van der Waals surface area (Å²) in [5.74, 6) is 0.844. The summed E-state index contributed by atoms with van der Waals surface area (Å²) in [4.78, 5) is 4.49. The summed E-state index contributed by atoms with van der Waals surface area (Å²) in [6, 6.07) is 5.99. The molecule has 0 saturated heterocycles. The van der Waals surface area contributed by atoms with E-state index < -0.39 is 0 Å². The molecular weight excluding hydrogens is 254 g/mol. The summed E-state index contributed by atoms with van der Waals surface area (Å²) >= 11 is 3.55. The van der Waals surface area contributed by atoms with Crippen molar-refractivity contribution in [3.63, 3.8) is 0 Å². The van der Waals surface area contributed by atoms with Crippen LogP contribution in [0.3, 0.4) is 0 Å². The maximum absolute atomic E-state index is 5.26. The normalized spacial score (nSPS) is 10.7. The zero-order valence-corrected chi connectivity index (χ0v) is 10.6. The van der Waals surface area contributed by atoms with E-state index in [1.165, 1.54) is 5.56 Å². The number of methoxy groups -OCH3 is 1. The molecule has 0 aliphatic carbocycles. The third kappa shape index (κ3) is 1.72. The van der Waals surface area contributed by atoms with Crippen molar-refractivity contribution in [2.45, 2.75) is 13.8 Å². The highest BCUT2D eigenvalue weighted by Gasteiger charge is 2.08. The average Bonchev–Trinajstić information content (AvgIpc) is 2.17. The first-order valence-electron chi connectivity index (χ1n) is 4.74. The lowest BCUT2D eigenvalue weighted by Crippen LogP contribution is -1.91. The van der Waals surface area contributed by atoms with Crippen LogP contribution < -0.4 is 4.74 Å². The molecule has 2 nitrogen and oxygen atoms in total. The summed E-state index contributed by atoms with van der Waals surface area (Å²) in [5, 5.41) is 1.12. The third-order valence-electron chi connectivity index (χ3n) is 2.42. The summed E-state index contributed by atoms with van der Waals surface area (Å²) in [5.41, 5.74) is 3.25. The van der Waals surface area contributed by atoms with Gasteiger partial charge in [-0.15, -0.1) is 0 Å². The fourth-order valence-electron chi connectivity index (χ4n) is 1.78. The van der Waals surface area contributed by atoms with E-state index in [1.54, 1.807) is 7.11 Å². The van der Waals surface area contributed by atoms with Gasteiger partial charge in [0.1, 0.15) is 5.75 Å². The molecule has 15 heavy (non-hydrogen) atoms. The van der Waals surface area contributed by atoms with Crippen LogP contribution in [0, 0.1) is 13.8 Å². The first-order chi connectivity index (χ1) is 7.13. The molecular formula is C12H12BrNO. The van der Waals surface area contributed by atoms with Gasteiger partial charge in [0.05, 0.1) is 17.1 Å². The van der Waals surface area contributed by atoms with Crippen molar-refractivity contribution in [3.8, 4) is 5.75 Å². The molecule has 1 heterocycles. The second kappa shape index (κ2) is 3.81. The van der Waals surface area contributed by atoms with Crippen LogP contribution in [-0.4, -0.2) is 12.1 Å². The van der Waals surface area contributed by atoms with Gasteiger partial charge in [-0.25, -0.2) is 0 Å². The molecule has 0 radical (unpaired) electrons. The second-order valence-electron chi connectivity index (χ2n) is 3.56. The molecule has 0 unspecified atom stereocenters. The Bertz CT molecular complexity index is 523. The van der Waals surface area contributed by atoms with Crippen molar-refractivity contribution in [1.29, 1.82) is 0 Å². The predicted molar refractivity (Wildman–Crippen MR) is 65.5 cm³/mol. The molecule has 78 valence electrons. The van der Waals surface area contributed by atoms with Crippen LogP contribution in [0.4, 0.5) is 0 Å². The van der Waals surface area contributed by atoms with Gasteiger partial charge in [-0.3, -0.25) is 4.98 Å². The number of fused-ring (bicyclic) bond motifs is 1. The Labute approximate surface area is 97.4 Å². The van der Waals surface area contributed by atoms with Crippen LogP contribution in [-0.2, 0) is 0 Å². The van der Waals surface area contributed by atoms with Gasteiger partial charge in [0, 0.05) is 11.1 Å². The molecule has 0 bridgehead atoms. The number of hydrogen-bond donors (Lipinski definition) is 0. The Morgan fingerprint density at radius 2 is 2.00 bits per heavy atom. The Morgan fingerprint density at radius 3 is 2.67 bits per heavy atom. The molecule has 1 aromatic heterocycles. The van der Waals surface area contributed by atoms with Gasteiger partial charge < -0.3 is 4.74 Å². The highest BCUT2D eigenvalue weighted by molar-refractivity contribution is 9.10. The van der Waals surface area contributed by atoms with Crippen LogP contribution >= 0.6 is 15.9 Å². The molecule has 3 heteroatoms. The van der Waals surface area contributed by atoms with Crippen LogP contribution in [0.25, 0.3) is 10.9 Å². The fourth-order valence-corrected chi connectivity index (χ4v) is 2.59. The zero-order valence-electron chi connectivity index (χ0n) is 8.97. The van der Waals surface area contributed by atoms with E-state index in [4.69, 9.17) is 4.74 Å². The molecule has 0 N–H and O–H groups in total. The van der Waals surface area contributed by atoms with E-state index in [1.807, 2.05) is 19.1 Å². The maximum Gasteiger partial charge on any atom is 0.133 e. The minimum Gasteiger partial charge on any atom is -0.496 e. The summed E-state index contributed by atoms with van der Waals surface area (Å²) in [6.45, 7) is 4.09. The van der Waals surface area contributed by atoms with E-state index in [0.29, 0.717) is 0 Å². The third-order valence-corrected chi connectivity index (χ3v) is 3.21. The number of benzene rings is 1. The van der Waals surface area contributed by atoms with Crippen LogP contribution in [0.2, 0.25) is 0 Å². The van der Waals surface area contributed by atoms with Gasteiger partial charge in [0.25, 0.3) is 0 Å². The molecule has 0 aliphatic rings. The van der Waals surface area contributed by atoms with Crippen molar-refractivity contribution in [2.24, 2.45) is 0 Å². The smallest absolute Gasteiger partial charge is 0.133 e. The van der Waals surface area contributed by atoms with Crippen LogP contribution in [0.5, 0.6) is 5.75 Å². The molecule has 2 aromatic rings. The second-order valence-corrected chi connectivity index (χ2v) is 4.35. The predicted octanol–water partition coefficient (Wildman–Crippen LogP) is 3.62. The molecule has 0 saturated carbocycles. The largest absolute Gasteiger partial charge is 0.496 e. The monoisotopic (exact) mass is 265 g/mol. The van der Waals surface area contributed by atoms with Crippen LogP contribution in [0.15, 0.2) is 22.7 Å². The lowest BCUT2D eigenvalue weighted by molar-refractivity contribution is 0.413. The fraction of sp³-hybridized carbons (Fsp3) is 0.250. The Morgan fingerprint density at radius 1 is 1.27 bits per heavy atom. The number of aromatic nitrogens is 1. The van der Waals surface area contributed by atoms with Crippen molar-refractivity contribution in [3.05, 3.63) is 33.9 Å². The Hall–Kier alpha value is -1.09. The molecule has 0 aliphatic heterocycles. The van der Waals surface area contributed by atoms with Crippen molar-refractivity contribution in [1.82, 2.24) is 4.98 Å². The summed E-state index contributed by atoms with van der Waals surface area (Å²) < 4.78 is 6.24. The quantitative estimate of drug-likeness (QED) is 0.786. The minimum atomic E-state index is 0.844. The molecule has 0 atom stereocenters. The van der Waals surface area contributed by atoms with Crippen molar-refractivity contribution >= 4 is 26.8 Å². The Kier molecular flexibility index (Phi) is 2.65. The zero-order chi connectivity index (χ0) is 11.0. The van der Waals surface area contributed by atoms with E-state index >= 15 is 0 Å². The van der Waals surface area contributed by atoms with Crippen molar-refractivity contribution < 1.29 is 4.74 Å². The molecule has 0 fully saturated rings. The number of ether oxygens (including phenoxy) is 1. The lowest BCUT2D eigenvalue weighted by Gasteiger charge is -2.09. The molecule has 1 aromatic carbocycles. The first-order valence-corrected chi connectivity index (χ1v) is 5.53. The SMILES string of the molecule is COc1ccc2nc(C)cc(C)c2c1Br. The average molecular weight is 266 g/mol. The maximum atomic E-state index is 5.26. The van der Waals surface area contributed by atoms with Gasteiger partial charge in [0.2, 0.25) is 0 Å². The first kappa shape index (κ1) is 10.4. The number of aryl methyl sites for hydroxylation is 2. The highest BCUT2D eigenvalue weighted by atomic mass is 79.9. The van der Waals surface area contributed by atoms with Gasteiger partial charge in [-0.05, 0) is 53.5 Å². The molecule has 0 spiro atoms. The van der Waals surface area contributed by atoms with Gasteiger partial charge in [0.15, 0.2) is 0 Å². The number of rotatable bonds is 1.